The lowest BCUT2D eigenvalue weighted by Gasteiger charge is -2.19. The van der Waals surface area contributed by atoms with Crippen molar-refractivity contribution < 1.29 is 23.9 Å². The largest absolute Gasteiger partial charge is 0.456 e. The zero-order chi connectivity index (χ0) is 19.9. The molecule has 28 heavy (non-hydrogen) atoms. The van der Waals surface area contributed by atoms with Crippen LogP contribution in [-0.2, 0) is 30.3 Å². The first kappa shape index (κ1) is 20.0. The molecule has 3 amide bonds. The number of hydrogen-bond acceptors (Lipinski definition) is 5. The molecule has 2 aliphatic rings. The maximum absolute atomic E-state index is 12.4. The van der Waals surface area contributed by atoms with Crippen LogP contribution >= 0.6 is 0 Å². The lowest BCUT2D eigenvalue weighted by atomic mass is 9.81. The van der Waals surface area contributed by atoms with Gasteiger partial charge in [0.2, 0.25) is 11.8 Å². The predicted molar refractivity (Wildman–Crippen MR) is 101 cm³/mol. The molecule has 0 radical (unpaired) electrons. The standard InChI is InChI=1S/C21H26N2O5/c24-18(22-12-10-15-6-2-1-3-7-15)14-28-19(25)11-13-23-20(26)16-8-4-5-9-17(16)21(23)27/h1-3,6-7,16-17H,4-5,8-14H2,(H,22,24)/t16-,17-/m1/s1. The second-order valence-corrected chi connectivity index (χ2v) is 7.32. The van der Waals surface area contributed by atoms with Gasteiger partial charge in [-0.15, -0.1) is 0 Å². The van der Waals surface area contributed by atoms with Gasteiger partial charge in [-0.1, -0.05) is 43.2 Å². The molecule has 1 aromatic rings. The Kier molecular flexibility index (Phi) is 6.79. The maximum atomic E-state index is 12.4. The number of carbonyl (C=O) groups excluding carboxylic acids is 4. The number of fused-ring (bicyclic) bond motifs is 1. The van der Waals surface area contributed by atoms with E-state index >= 15 is 0 Å². The number of amides is 3. The van der Waals surface area contributed by atoms with E-state index in [9.17, 15) is 19.2 Å². The summed E-state index contributed by atoms with van der Waals surface area (Å²) in [6.07, 6.45) is 4.04. The molecule has 0 unspecified atom stereocenters. The molecular formula is C21H26N2O5. The number of hydrogen-bond donors (Lipinski definition) is 1. The van der Waals surface area contributed by atoms with E-state index < -0.39 is 5.97 Å². The van der Waals surface area contributed by atoms with Crippen LogP contribution < -0.4 is 5.32 Å². The number of nitrogens with one attached hydrogen (secondary N) is 1. The Labute approximate surface area is 164 Å². The van der Waals surface area contributed by atoms with E-state index in [2.05, 4.69) is 5.32 Å². The van der Waals surface area contributed by atoms with Crippen LogP contribution in [0.2, 0.25) is 0 Å². The monoisotopic (exact) mass is 386 g/mol. The van der Waals surface area contributed by atoms with E-state index in [-0.39, 0.29) is 49.1 Å². The molecule has 0 aromatic heterocycles. The van der Waals surface area contributed by atoms with Gasteiger partial charge in [-0.2, -0.15) is 0 Å². The molecule has 1 aliphatic carbocycles. The van der Waals surface area contributed by atoms with Crippen LogP contribution in [-0.4, -0.2) is 48.3 Å². The number of benzene rings is 1. The molecular weight excluding hydrogens is 360 g/mol. The van der Waals surface area contributed by atoms with Gasteiger partial charge in [0.05, 0.1) is 18.3 Å². The summed E-state index contributed by atoms with van der Waals surface area (Å²) in [4.78, 5) is 49.5. The molecule has 1 aliphatic heterocycles. The highest BCUT2D eigenvalue weighted by Gasteiger charge is 2.47. The molecule has 150 valence electrons. The number of likely N-dealkylation sites (tertiary alicyclic amines) is 1. The van der Waals surface area contributed by atoms with Crippen LogP contribution in [0, 0.1) is 11.8 Å². The first-order valence-corrected chi connectivity index (χ1v) is 9.87. The highest BCUT2D eigenvalue weighted by Crippen LogP contribution is 2.37. The summed E-state index contributed by atoms with van der Waals surface area (Å²) in [6.45, 7) is 0.125. The fraction of sp³-hybridized carbons (Fsp3) is 0.524. The van der Waals surface area contributed by atoms with Gasteiger partial charge in [-0.05, 0) is 24.8 Å². The molecule has 7 nitrogen and oxygen atoms in total. The highest BCUT2D eigenvalue weighted by atomic mass is 16.5. The third-order valence-corrected chi connectivity index (χ3v) is 5.41. The summed E-state index contributed by atoms with van der Waals surface area (Å²) in [5.74, 6) is -1.72. The minimum absolute atomic E-state index is 0.0269. The molecule has 0 bridgehead atoms. The molecule has 2 fully saturated rings. The van der Waals surface area contributed by atoms with E-state index in [1.165, 1.54) is 4.90 Å². The quantitative estimate of drug-likeness (QED) is 0.539. The number of imide groups is 1. The minimum Gasteiger partial charge on any atom is -0.456 e. The Morgan fingerprint density at radius 2 is 1.68 bits per heavy atom. The number of nitrogens with zero attached hydrogens (tertiary/aromatic N) is 1. The topological polar surface area (TPSA) is 92.8 Å². The van der Waals surface area contributed by atoms with Crippen molar-refractivity contribution in [3.63, 3.8) is 0 Å². The van der Waals surface area contributed by atoms with Gasteiger partial charge in [0.15, 0.2) is 6.61 Å². The van der Waals surface area contributed by atoms with Crippen molar-refractivity contribution in [2.24, 2.45) is 11.8 Å². The summed E-state index contributed by atoms with van der Waals surface area (Å²) in [5, 5.41) is 2.70. The molecule has 1 saturated heterocycles. The summed E-state index contributed by atoms with van der Waals surface area (Å²) in [5.41, 5.74) is 1.11. The lowest BCUT2D eigenvalue weighted by Crippen LogP contribution is -2.34. The fourth-order valence-corrected chi connectivity index (χ4v) is 3.91. The van der Waals surface area contributed by atoms with Gasteiger partial charge >= 0.3 is 5.97 Å². The van der Waals surface area contributed by atoms with Crippen molar-refractivity contribution in [3.05, 3.63) is 35.9 Å². The van der Waals surface area contributed by atoms with Crippen molar-refractivity contribution in [1.29, 1.82) is 0 Å². The molecule has 0 spiro atoms. The van der Waals surface area contributed by atoms with Crippen molar-refractivity contribution in [1.82, 2.24) is 10.2 Å². The molecule has 1 heterocycles. The Bertz CT molecular complexity index is 710. The predicted octanol–water partition coefficient (Wildman–Crippen LogP) is 1.45. The molecule has 1 saturated carbocycles. The molecule has 3 rings (SSSR count). The molecule has 1 aromatic carbocycles. The van der Waals surface area contributed by atoms with Gasteiger partial charge in [0.1, 0.15) is 0 Å². The molecule has 2 atom stereocenters. The van der Waals surface area contributed by atoms with E-state index in [1.807, 2.05) is 30.3 Å². The maximum Gasteiger partial charge on any atom is 0.308 e. The van der Waals surface area contributed by atoms with E-state index in [0.29, 0.717) is 13.0 Å². The Hall–Kier alpha value is -2.70. The van der Waals surface area contributed by atoms with Crippen LogP contribution in [0.15, 0.2) is 30.3 Å². The van der Waals surface area contributed by atoms with Crippen molar-refractivity contribution >= 4 is 23.7 Å². The summed E-state index contributed by atoms with van der Waals surface area (Å²) >= 11 is 0. The SMILES string of the molecule is O=C(COC(=O)CCN1C(=O)[C@@H]2CCCC[C@H]2C1=O)NCCc1ccccc1. The van der Waals surface area contributed by atoms with Crippen molar-refractivity contribution in [2.45, 2.75) is 38.5 Å². The Balaban J connectivity index is 1.33. The van der Waals surface area contributed by atoms with E-state index in [4.69, 9.17) is 4.74 Å². The number of carbonyl (C=O) groups is 4. The Morgan fingerprint density at radius 1 is 1.04 bits per heavy atom. The zero-order valence-corrected chi connectivity index (χ0v) is 15.9. The Morgan fingerprint density at radius 3 is 2.32 bits per heavy atom. The van der Waals surface area contributed by atoms with Crippen LogP contribution in [0.3, 0.4) is 0 Å². The normalized spacial score (nSPS) is 21.4. The number of esters is 1. The van der Waals surface area contributed by atoms with E-state index in [1.54, 1.807) is 0 Å². The second-order valence-electron chi connectivity index (χ2n) is 7.32. The third kappa shape index (κ3) is 4.97. The number of ether oxygens (including phenoxy) is 1. The smallest absolute Gasteiger partial charge is 0.308 e. The highest BCUT2D eigenvalue weighted by molar-refractivity contribution is 6.05. The van der Waals surface area contributed by atoms with Crippen LogP contribution in [0.25, 0.3) is 0 Å². The third-order valence-electron chi connectivity index (χ3n) is 5.41. The summed E-state index contributed by atoms with van der Waals surface area (Å²) in [7, 11) is 0. The average Bonchev–Trinajstić information content (AvgIpc) is 2.96. The van der Waals surface area contributed by atoms with Crippen molar-refractivity contribution in [2.75, 3.05) is 19.7 Å². The zero-order valence-electron chi connectivity index (χ0n) is 15.9. The van der Waals surface area contributed by atoms with Crippen LogP contribution in [0.5, 0.6) is 0 Å². The fourth-order valence-electron chi connectivity index (χ4n) is 3.91. The first-order chi connectivity index (χ1) is 13.6. The van der Waals surface area contributed by atoms with Crippen molar-refractivity contribution in [3.8, 4) is 0 Å². The van der Waals surface area contributed by atoms with E-state index in [0.717, 1.165) is 31.2 Å². The van der Waals surface area contributed by atoms with Gasteiger partial charge in [-0.3, -0.25) is 24.1 Å². The molecule has 1 N–H and O–H groups in total. The van der Waals surface area contributed by atoms with Crippen LogP contribution in [0.4, 0.5) is 0 Å². The summed E-state index contributed by atoms with van der Waals surface area (Å²) in [6, 6.07) is 9.75. The minimum atomic E-state index is -0.589. The second kappa shape index (κ2) is 9.48. The van der Waals surface area contributed by atoms with Gasteiger partial charge in [0.25, 0.3) is 5.91 Å². The molecule has 7 heteroatoms. The summed E-state index contributed by atoms with van der Waals surface area (Å²) < 4.78 is 4.96. The number of rotatable bonds is 8. The average molecular weight is 386 g/mol. The first-order valence-electron chi connectivity index (χ1n) is 9.87. The van der Waals surface area contributed by atoms with Gasteiger partial charge in [-0.25, -0.2) is 0 Å². The van der Waals surface area contributed by atoms with Gasteiger partial charge < -0.3 is 10.1 Å². The lowest BCUT2D eigenvalue weighted by molar-refractivity contribution is -0.149. The van der Waals surface area contributed by atoms with Gasteiger partial charge in [0, 0.05) is 13.1 Å². The van der Waals surface area contributed by atoms with Crippen LogP contribution in [0.1, 0.15) is 37.7 Å².